The number of rotatable bonds is 3. The quantitative estimate of drug-likeness (QED) is 0.765. The fraction of sp³-hybridized carbons (Fsp3) is 0. The van der Waals surface area contributed by atoms with Gasteiger partial charge < -0.3 is 10.1 Å². The Morgan fingerprint density at radius 2 is 2.05 bits per heavy atom. The SMILES string of the molecule is O=C(O)c1ccc(Sc2nc3ccccc3[nH]2)c(Cl)c1. The number of para-hydroxylation sites is 2. The van der Waals surface area contributed by atoms with Gasteiger partial charge in [-0.05, 0) is 30.3 Å². The number of carboxylic acids is 1. The van der Waals surface area contributed by atoms with Gasteiger partial charge in [-0.1, -0.05) is 35.5 Å². The van der Waals surface area contributed by atoms with Crippen LogP contribution in [0.3, 0.4) is 0 Å². The van der Waals surface area contributed by atoms with Crippen molar-refractivity contribution in [3.8, 4) is 0 Å². The Morgan fingerprint density at radius 1 is 1.25 bits per heavy atom. The summed E-state index contributed by atoms with van der Waals surface area (Å²) in [4.78, 5) is 19.2. The summed E-state index contributed by atoms with van der Waals surface area (Å²) >= 11 is 7.47. The van der Waals surface area contributed by atoms with Crippen molar-refractivity contribution < 1.29 is 9.90 Å². The van der Waals surface area contributed by atoms with Crippen LogP contribution in [0.4, 0.5) is 0 Å². The van der Waals surface area contributed by atoms with Gasteiger partial charge in [-0.15, -0.1) is 0 Å². The van der Waals surface area contributed by atoms with Crippen molar-refractivity contribution in [1.82, 2.24) is 9.97 Å². The molecule has 0 amide bonds. The monoisotopic (exact) mass is 304 g/mol. The number of nitrogens with zero attached hydrogens (tertiary/aromatic N) is 1. The van der Waals surface area contributed by atoms with Crippen LogP contribution in [0.1, 0.15) is 10.4 Å². The summed E-state index contributed by atoms with van der Waals surface area (Å²) in [7, 11) is 0. The second-order valence-electron chi connectivity index (χ2n) is 4.11. The third kappa shape index (κ3) is 2.50. The molecule has 1 aromatic heterocycles. The van der Waals surface area contributed by atoms with E-state index in [9.17, 15) is 4.79 Å². The summed E-state index contributed by atoms with van der Waals surface area (Å²) in [5.74, 6) is -0.993. The zero-order valence-electron chi connectivity index (χ0n) is 10.1. The fourth-order valence-electron chi connectivity index (χ4n) is 1.80. The lowest BCUT2D eigenvalue weighted by Gasteiger charge is -2.02. The van der Waals surface area contributed by atoms with E-state index in [1.807, 2.05) is 24.3 Å². The summed E-state index contributed by atoms with van der Waals surface area (Å²) in [6.45, 7) is 0. The van der Waals surface area contributed by atoms with Gasteiger partial charge in [0.05, 0.1) is 21.6 Å². The number of fused-ring (bicyclic) bond motifs is 1. The topological polar surface area (TPSA) is 66.0 Å². The van der Waals surface area contributed by atoms with Gasteiger partial charge in [0.1, 0.15) is 0 Å². The van der Waals surface area contributed by atoms with Gasteiger partial charge in [0.15, 0.2) is 5.16 Å². The normalized spacial score (nSPS) is 10.8. The van der Waals surface area contributed by atoms with Gasteiger partial charge in [-0.2, -0.15) is 0 Å². The predicted octanol–water partition coefficient (Wildman–Crippen LogP) is 4.07. The van der Waals surface area contributed by atoms with Crippen LogP contribution in [0.5, 0.6) is 0 Å². The van der Waals surface area contributed by atoms with Crippen molar-refractivity contribution in [3.63, 3.8) is 0 Å². The summed E-state index contributed by atoms with van der Waals surface area (Å²) in [5.41, 5.74) is 2.01. The molecule has 20 heavy (non-hydrogen) atoms. The summed E-state index contributed by atoms with van der Waals surface area (Å²) in [5, 5.41) is 10.0. The molecule has 3 rings (SSSR count). The Kier molecular flexibility index (Phi) is 3.38. The third-order valence-electron chi connectivity index (χ3n) is 2.75. The Bertz CT molecular complexity index is 768. The van der Waals surface area contributed by atoms with E-state index in [1.165, 1.54) is 23.9 Å². The molecule has 3 aromatic rings. The van der Waals surface area contributed by atoms with Crippen LogP contribution in [0.25, 0.3) is 11.0 Å². The van der Waals surface area contributed by atoms with Crippen molar-refractivity contribution in [2.45, 2.75) is 10.1 Å². The maximum Gasteiger partial charge on any atom is 0.335 e. The van der Waals surface area contributed by atoms with Crippen molar-refractivity contribution in [2.75, 3.05) is 0 Å². The lowest BCUT2D eigenvalue weighted by Crippen LogP contribution is -1.95. The molecule has 0 unspecified atom stereocenters. The van der Waals surface area contributed by atoms with E-state index in [1.54, 1.807) is 6.07 Å². The minimum Gasteiger partial charge on any atom is -0.478 e. The van der Waals surface area contributed by atoms with E-state index in [-0.39, 0.29) is 5.56 Å². The zero-order chi connectivity index (χ0) is 14.1. The molecule has 2 aromatic carbocycles. The second-order valence-corrected chi connectivity index (χ2v) is 5.55. The molecule has 0 saturated carbocycles. The molecule has 0 radical (unpaired) electrons. The molecule has 0 bridgehead atoms. The van der Waals surface area contributed by atoms with Gasteiger partial charge >= 0.3 is 5.97 Å². The van der Waals surface area contributed by atoms with Crippen molar-refractivity contribution >= 4 is 40.4 Å². The number of aromatic amines is 1. The third-order valence-corrected chi connectivity index (χ3v) is 4.14. The summed E-state index contributed by atoms with van der Waals surface area (Å²) < 4.78 is 0. The average Bonchev–Trinajstić information content (AvgIpc) is 2.83. The molecule has 4 nitrogen and oxygen atoms in total. The molecule has 0 aliphatic rings. The van der Waals surface area contributed by atoms with Crippen molar-refractivity contribution in [2.24, 2.45) is 0 Å². The smallest absolute Gasteiger partial charge is 0.335 e. The number of H-pyrrole nitrogens is 1. The molecular weight excluding hydrogens is 296 g/mol. The first-order valence-electron chi connectivity index (χ1n) is 5.79. The van der Waals surface area contributed by atoms with Crippen LogP contribution in [-0.4, -0.2) is 21.0 Å². The number of aromatic carboxylic acids is 1. The number of carbonyl (C=O) groups is 1. The van der Waals surface area contributed by atoms with Crippen molar-refractivity contribution in [3.05, 3.63) is 53.1 Å². The zero-order valence-corrected chi connectivity index (χ0v) is 11.7. The predicted molar refractivity (Wildman–Crippen MR) is 78.6 cm³/mol. The van der Waals surface area contributed by atoms with Gasteiger partial charge in [0.2, 0.25) is 0 Å². The lowest BCUT2D eigenvalue weighted by molar-refractivity contribution is 0.0697. The van der Waals surface area contributed by atoms with Gasteiger partial charge in [-0.3, -0.25) is 0 Å². The molecule has 0 atom stereocenters. The van der Waals surface area contributed by atoms with Crippen LogP contribution in [0.2, 0.25) is 5.02 Å². The molecule has 0 spiro atoms. The first kappa shape index (κ1) is 13.0. The van der Waals surface area contributed by atoms with E-state index in [4.69, 9.17) is 16.7 Å². The van der Waals surface area contributed by atoms with Crippen molar-refractivity contribution in [1.29, 1.82) is 0 Å². The van der Waals surface area contributed by atoms with E-state index >= 15 is 0 Å². The highest BCUT2D eigenvalue weighted by Crippen LogP contribution is 2.33. The molecule has 0 saturated heterocycles. The number of benzene rings is 2. The number of nitrogens with one attached hydrogen (secondary N) is 1. The number of aromatic nitrogens is 2. The molecule has 1 heterocycles. The van der Waals surface area contributed by atoms with Crippen LogP contribution < -0.4 is 0 Å². The van der Waals surface area contributed by atoms with Crippen LogP contribution in [0, 0.1) is 0 Å². The number of imidazole rings is 1. The number of halogens is 1. The van der Waals surface area contributed by atoms with Gasteiger partial charge in [0.25, 0.3) is 0 Å². The second kappa shape index (κ2) is 5.19. The summed E-state index contributed by atoms with van der Waals surface area (Å²) in [6, 6.07) is 12.4. The number of hydrogen-bond donors (Lipinski definition) is 2. The Labute approximate surface area is 123 Å². The molecule has 6 heteroatoms. The Balaban J connectivity index is 1.92. The molecule has 0 aliphatic carbocycles. The maximum absolute atomic E-state index is 10.9. The molecule has 100 valence electrons. The van der Waals surface area contributed by atoms with E-state index < -0.39 is 5.97 Å². The molecular formula is C14H9ClN2O2S. The average molecular weight is 305 g/mol. The highest BCUT2D eigenvalue weighted by atomic mass is 35.5. The van der Waals surface area contributed by atoms with E-state index in [2.05, 4.69) is 9.97 Å². The number of carboxylic acid groups (broad SMARTS) is 1. The van der Waals surface area contributed by atoms with E-state index in [0.29, 0.717) is 5.02 Å². The highest BCUT2D eigenvalue weighted by molar-refractivity contribution is 7.99. The highest BCUT2D eigenvalue weighted by Gasteiger charge is 2.10. The largest absolute Gasteiger partial charge is 0.478 e. The van der Waals surface area contributed by atoms with Gasteiger partial charge in [-0.25, -0.2) is 9.78 Å². The lowest BCUT2D eigenvalue weighted by atomic mass is 10.2. The Hall–Kier alpha value is -1.98. The summed E-state index contributed by atoms with van der Waals surface area (Å²) in [6.07, 6.45) is 0. The van der Waals surface area contributed by atoms with Crippen LogP contribution in [0.15, 0.2) is 52.5 Å². The number of hydrogen-bond acceptors (Lipinski definition) is 3. The fourth-order valence-corrected chi connectivity index (χ4v) is 2.90. The molecule has 0 aliphatic heterocycles. The standard InChI is InChI=1S/C14H9ClN2O2S/c15-9-7-8(13(18)19)5-6-12(9)20-14-16-10-3-1-2-4-11(10)17-14/h1-7H,(H,16,17)(H,18,19). The van der Waals surface area contributed by atoms with Gasteiger partial charge in [0, 0.05) is 4.90 Å². The maximum atomic E-state index is 10.9. The molecule has 2 N–H and O–H groups in total. The van der Waals surface area contributed by atoms with E-state index in [0.717, 1.165) is 21.1 Å². The van der Waals surface area contributed by atoms with Crippen LogP contribution >= 0.6 is 23.4 Å². The van der Waals surface area contributed by atoms with Crippen LogP contribution in [-0.2, 0) is 0 Å². The first-order valence-corrected chi connectivity index (χ1v) is 6.98. The Morgan fingerprint density at radius 3 is 2.75 bits per heavy atom. The molecule has 0 fully saturated rings. The minimum atomic E-state index is -0.993. The minimum absolute atomic E-state index is 0.170. The first-order chi connectivity index (χ1) is 9.63.